The Kier molecular flexibility index (Phi) is 6.52. The summed E-state index contributed by atoms with van der Waals surface area (Å²) in [6, 6.07) is 8.88. The van der Waals surface area contributed by atoms with Crippen LogP contribution in [0.4, 0.5) is 28.9 Å². The van der Waals surface area contributed by atoms with E-state index < -0.39 is 23.9 Å². The fraction of sp³-hybridized carbons (Fsp3) is 0.188. The van der Waals surface area contributed by atoms with Crippen LogP contribution >= 0.6 is 0 Å². The van der Waals surface area contributed by atoms with E-state index in [9.17, 15) is 27.7 Å². The van der Waals surface area contributed by atoms with Crippen molar-refractivity contribution in [3.8, 4) is 11.5 Å². The topological polar surface area (TPSA) is 86.0 Å². The van der Waals surface area contributed by atoms with E-state index in [0.29, 0.717) is 0 Å². The lowest BCUT2D eigenvalue weighted by Gasteiger charge is -2.13. The zero-order chi connectivity index (χ0) is 20.0. The van der Waals surface area contributed by atoms with Crippen molar-refractivity contribution in [1.82, 2.24) is 0 Å². The Hall–Kier alpha value is -3.37. The molecule has 0 aromatic heterocycles. The van der Waals surface area contributed by atoms with Crippen LogP contribution in [0.1, 0.15) is 12.5 Å². The SMILES string of the molecule is CC(=NNc1ccccc1[N+](=O)[O-])c1ccc(OC(F)F)cc1OC(F)F. The summed E-state index contributed by atoms with van der Waals surface area (Å²) in [5, 5.41) is 14.9. The van der Waals surface area contributed by atoms with Crippen molar-refractivity contribution in [2.45, 2.75) is 20.1 Å². The van der Waals surface area contributed by atoms with Crippen LogP contribution in [0.2, 0.25) is 0 Å². The van der Waals surface area contributed by atoms with Gasteiger partial charge in [-0.2, -0.15) is 22.7 Å². The Bertz CT molecular complexity index is 846. The number of nitro benzene ring substituents is 1. The molecule has 11 heteroatoms. The molecule has 2 aromatic carbocycles. The predicted molar refractivity (Wildman–Crippen MR) is 88.6 cm³/mol. The molecule has 144 valence electrons. The molecular weight excluding hydrogens is 374 g/mol. The number of ether oxygens (including phenoxy) is 2. The molecule has 1 N–H and O–H groups in total. The van der Waals surface area contributed by atoms with Crippen molar-refractivity contribution in [1.29, 1.82) is 0 Å². The van der Waals surface area contributed by atoms with Gasteiger partial charge in [0.2, 0.25) is 0 Å². The Morgan fingerprint density at radius 3 is 2.41 bits per heavy atom. The van der Waals surface area contributed by atoms with Crippen molar-refractivity contribution in [2.75, 3.05) is 5.43 Å². The van der Waals surface area contributed by atoms with Crippen LogP contribution in [0, 0.1) is 10.1 Å². The lowest BCUT2D eigenvalue weighted by Crippen LogP contribution is -2.09. The lowest BCUT2D eigenvalue weighted by atomic mass is 10.1. The zero-order valence-electron chi connectivity index (χ0n) is 13.7. The van der Waals surface area contributed by atoms with Crippen LogP contribution in [0.5, 0.6) is 11.5 Å². The standard InChI is InChI=1S/C16H13F4N3O4/c1-9(21-22-12-4-2-3-5-13(12)23(24)25)11-7-6-10(26-15(17)18)8-14(11)27-16(19)20/h2-8,15-16,22H,1H3. The lowest BCUT2D eigenvalue weighted by molar-refractivity contribution is -0.384. The Morgan fingerprint density at radius 2 is 1.78 bits per heavy atom. The van der Waals surface area contributed by atoms with Crippen LogP contribution in [0.15, 0.2) is 47.6 Å². The second-order valence-electron chi connectivity index (χ2n) is 5.00. The van der Waals surface area contributed by atoms with Crippen LogP contribution in [-0.4, -0.2) is 23.9 Å². The molecule has 0 aliphatic rings. The molecule has 2 rings (SSSR count). The summed E-state index contributed by atoms with van der Waals surface area (Å²) >= 11 is 0. The first kappa shape index (κ1) is 19.9. The van der Waals surface area contributed by atoms with Crippen LogP contribution in [0.3, 0.4) is 0 Å². The quantitative estimate of drug-likeness (QED) is 0.309. The molecule has 0 aliphatic heterocycles. The zero-order valence-corrected chi connectivity index (χ0v) is 13.7. The number of nitro groups is 1. The molecule has 0 bridgehead atoms. The van der Waals surface area contributed by atoms with Crippen molar-refractivity contribution in [3.63, 3.8) is 0 Å². The van der Waals surface area contributed by atoms with Gasteiger partial charge in [0.15, 0.2) is 0 Å². The molecule has 27 heavy (non-hydrogen) atoms. The second kappa shape index (κ2) is 8.83. The van der Waals surface area contributed by atoms with Crippen molar-refractivity contribution < 1.29 is 32.0 Å². The third kappa shape index (κ3) is 5.56. The number of para-hydroxylation sites is 2. The summed E-state index contributed by atoms with van der Waals surface area (Å²) < 4.78 is 58.3. The monoisotopic (exact) mass is 387 g/mol. The summed E-state index contributed by atoms with van der Waals surface area (Å²) in [6.07, 6.45) is 0. The highest BCUT2D eigenvalue weighted by Crippen LogP contribution is 2.29. The number of benzene rings is 2. The minimum absolute atomic E-state index is 0.0583. The minimum atomic E-state index is -3.21. The average molecular weight is 387 g/mol. The van der Waals surface area contributed by atoms with Crippen molar-refractivity contribution >= 4 is 17.1 Å². The van der Waals surface area contributed by atoms with E-state index in [4.69, 9.17) is 0 Å². The second-order valence-corrected chi connectivity index (χ2v) is 5.00. The summed E-state index contributed by atoms with van der Waals surface area (Å²) in [5.74, 6) is -0.808. The first-order valence-corrected chi connectivity index (χ1v) is 7.35. The molecule has 0 amide bonds. The fourth-order valence-corrected chi connectivity index (χ4v) is 2.10. The number of nitrogens with one attached hydrogen (secondary N) is 1. The first-order valence-electron chi connectivity index (χ1n) is 7.35. The smallest absolute Gasteiger partial charge is 0.387 e. The van der Waals surface area contributed by atoms with E-state index in [-0.39, 0.29) is 28.4 Å². The maximum Gasteiger partial charge on any atom is 0.387 e. The normalized spacial score (nSPS) is 11.6. The Labute approximate surface area is 150 Å². The van der Waals surface area contributed by atoms with E-state index in [2.05, 4.69) is 20.0 Å². The summed E-state index contributed by atoms with van der Waals surface area (Å²) in [5.41, 5.74) is 2.49. The molecule has 0 atom stereocenters. The highest BCUT2D eigenvalue weighted by Gasteiger charge is 2.16. The average Bonchev–Trinajstić information content (AvgIpc) is 2.59. The molecule has 7 nitrogen and oxygen atoms in total. The number of halogens is 4. The third-order valence-electron chi connectivity index (χ3n) is 3.23. The van der Waals surface area contributed by atoms with E-state index in [1.165, 1.54) is 31.2 Å². The van der Waals surface area contributed by atoms with Gasteiger partial charge in [0.25, 0.3) is 5.69 Å². The van der Waals surface area contributed by atoms with Gasteiger partial charge >= 0.3 is 13.2 Å². The van der Waals surface area contributed by atoms with E-state index >= 15 is 0 Å². The van der Waals surface area contributed by atoms with Gasteiger partial charge < -0.3 is 9.47 Å². The predicted octanol–water partition coefficient (Wildman–Crippen LogP) is 4.63. The Morgan fingerprint density at radius 1 is 1.11 bits per heavy atom. The van der Waals surface area contributed by atoms with E-state index in [1.807, 2.05) is 0 Å². The third-order valence-corrected chi connectivity index (χ3v) is 3.23. The molecule has 0 radical (unpaired) electrons. The Balaban J connectivity index is 2.32. The number of alkyl halides is 4. The van der Waals surface area contributed by atoms with E-state index in [0.717, 1.165) is 12.1 Å². The van der Waals surface area contributed by atoms with Gasteiger partial charge in [-0.3, -0.25) is 15.5 Å². The number of hydrogen-bond acceptors (Lipinski definition) is 6. The van der Waals surface area contributed by atoms with Gasteiger partial charge in [-0.25, -0.2) is 0 Å². The molecule has 0 spiro atoms. The molecule has 2 aromatic rings. The van der Waals surface area contributed by atoms with Gasteiger partial charge in [0.1, 0.15) is 17.2 Å². The van der Waals surface area contributed by atoms with E-state index in [1.54, 1.807) is 6.07 Å². The molecule has 0 aliphatic carbocycles. The van der Waals surface area contributed by atoms with Crippen molar-refractivity contribution in [3.05, 3.63) is 58.1 Å². The summed E-state index contributed by atoms with van der Waals surface area (Å²) in [7, 11) is 0. The van der Waals surface area contributed by atoms with Crippen molar-refractivity contribution in [2.24, 2.45) is 5.10 Å². The number of nitrogens with zero attached hydrogens (tertiary/aromatic N) is 2. The van der Waals surface area contributed by atoms with Gasteiger partial charge in [-0.05, 0) is 25.1 Å². The molecule has 0 saturated heterocycles. The first-order chi connectivity index (χ1) is 12.8. The van der Waals surface area contributed by atoms with Gasteiger partial charge in [-0.15, -0.1) is 0 Å². The van der Waals surface area contributed by atoms with Gasteiger partial charge in [-0.1, -0.05) is 12.1 Å². The maximum atomic E-state index is 12.6. The number of hydrazone groups is 1. The summed E-state index contributed by atoms with van der Waals surface area (Å²) in [4.78, 5) is 10.4. The molecular formula is C16H13F4N3O4. The van der Waals surface area contributed by atoms with Crippen LogP contribution in [0.25, 0.3) is 0 Å². The number of hydrogen-bond donors (Lipinski definition) is 1. The molecule has 0 heterocycles. The number of anilines is 1. The maximum absolute atomic E-state index is 12.6. The van der Waals surface area contributed by atoms with Crippen LogP contribution < -0.4 is 14.9 Å². The van der Waals surface area contributed by atoms with Gasteiger partial charge in [0.05, 0.1) is 10.6 Å². The largest absolute Gasteiger partial charge is 0.435 e. The highest BCUT2D eigenvalue weighted by molar-refractivity contribution is 6.01. The molecule has 0 saturated carbocycles. The minimum Gasteiger partial charge on any atom is -0.435 e. The molecule has 0 fully saturated rings. The highest BCUT2D eigenvalue weighted by atomic mass is 19.3. The van der Waals surface area contributed by atoms with Gasteiger partial charge in [0, 0.05) is 17.7 Å². The number of rotatable bonds is 8. The van der Waals surface area contributed by atoms with Crippen LogP contribution in [-0.2, 0) is 0 Å². The molecule has 0 unspecified atom stereocenters. The fourth-order valence-electron chi connectivity index (χ4n) is 2.10. The summed E-state index contributed by atoms with van der Waals surface area (Å²) in [6.45, 7) is -4.92.